The van der Waals surface area contributed by atoms with Crippen molar-refractivity contribution < 1.29 is 9.53 Å². The van der Waals surface area contributed by atoms with E-state index in [-0.39, 0.29) is 5.78 Å². The van der Waals surface area contributed by atoms with Crippen molar-refractivity contribution in [2.45, 2.75) is 12.8 Å². The van der Waals surface area contributed by atoms with Crippen LogP contribution in [-0.4, -0.2) is 62.0 Å². The van der Waals surface area contributed by atoms with E-state index in [1.807, 2.05) is 18.2 Å². The SMILES string of the molecule is CN1CCN(CCOc2ccc3c(c2)CCC3=O)CC1. The Balaban J connectivity index is 1.48. The van der Waals surface area contributed by atoms with E-state index in [2.05, 4.69) is 16.8 Å². The average Bonchev–Trinajstić information content (AvgIpc) is 2.82. The van der Waals surface area contributed by atoms with Crippen molar-refractivity contribution in [1.82, 2.24) is 9.80 Å². The molecule has 3 rings (SSSR count). The van der Waals surface area contributed by atoms with E-state index in [0.717, 1.165) is 62.6 Å². The Kier molecular flexibility index (Phi) is 4.03. The highest BCUT2D eigenvalue weighted by molar-refractivity contribution is 6.00. The van der Waals surface area contributed by atoms with Crippen LogP contribution in [0.15, 0.2) is 18.2 Å². The topological polar surface area (TPSA) is 32.8 Å². The van der Waals surface area contributed by atoms with Gasteiger partial charge >= 0.3 is 0 Å². The zero-order chi connectivity index (χ0) is 13.9. The maximum absolute atomic E-state index is 11.6. The zero-order valence-electron chi connectivity index (χ0n) is 12.1. The van der Waals surface area contributed by atoms with Crippen LogP contribution in [0.3, 0.4) is 0 Å². The normalized spacial score (nSPS) is 20.1. The second-order valence-electron chi connectivity index (χ2n) is 5.74. The number of ketones is 1. The van der Waals surface area contributed by atoms with Gasteiger partial charge in [0, 0.05) is 44.7 Å². The van der Waals surface area contributed by atoms with Gasteiger partial charge in [-0.1, -0.05) is 0 Å². The molecule has 20 heavy (non-hydrogen) atoms. The third-order valence-electron chi connectivity index (χ3n) is 4.27. The number of hydrogen-bond donors (Lipinski definition) is 0. The number of carbonyl (C=O) groups is 1. The van der Waals surface area contributed by atoms with Crippen LogP contribution in [0.5, 0.6) is 5.75 Å². The van der Waals surface area contributed by atoms with Crippen molar-refractivity contribution >= 4 is 5.78 Å². The van der Waals surface area contributed by atoms with Crippen molar-refractivity contribution in [3.8, 4) is 5.75 Å². The molecule has 1 aromatic rings. The van der Waals surface area contributed by atoms with Gasteiger partial charge in [0.05, 0.1) is 0 Å². The van der Waals surface area contributed by atoms with Crippen LogP contribution in [0.4, 0.5) is 0 Å². The zero-order valence-corrected chi connectivity index (χ0v) is 12.1. The molecule has 1 aromatic carbocycles. The van der Waals surface area contributed by atoms with E-state index in [1.165, 1.54) is 0 Å². The molecule has 2 aliphatic rings. The smallest absolute Gasteiger partial charge is 0.163 e. The summed E-state index contributed by atoms with van der Waals surface area (Å²) in [5, 5.41) is 0. The lowest BCUT2D eigenvalue weighted by atomic mass is 10.1. The predicted molar refractivity (Wildman–Crippen MR) is 78.5 cm³/mol. The highest BCUT2D eigenvalue weighted by atomic mass is 16.5. The quantitative estimate of drug-likeness (QED) is 0.832. The van der Waals surface area contributed by atoms with Gasteiger partial charge in [-0.2, -0.15) is 0 Å². The van der Waals surface area contributed by atoms with E-state index in [4.69, 9.17) is 4.74 Å². The molecule has 4 heteroatoms. The van der Waals surface area contributed by atoms with E-state index in [0.29, 0.717) is 6.42 Å². The monoisotopic (exact) mass is 274 g/mol. The number of Topliss-reactive ketones (excluding diaryl/α,β-unsaturated/α-hetero) is 1. The van der Waals surface area contributed by atoms with E-state index in [9.17, 15) is 4.79 Å². The van der Waals surface area contributed by atoms with Gasteiger partial charge in [-0.15, -0.1) is 0 Å². The lowest BCUT2D eigenvalue weighted by molar-refractivity contribution is 0.0994. The molecule has 0 unspecified atom stereocenters. The molecule has 1 fully saturated rings. The number of likely N-dealkylation sites (N-methyl/N-ethyl adjacent to an activating group) is 1. The van der Waals surface area contributed by atoms with Crippen LogP contribution in [0.2, 0.25) is 0 Å². The molecule has 0 atom stereocenters. The number of nitrogens with zero attached hydrogens (tertiary/aromatic N) is 2. The summed E-state index contributed by atoms with van der Waals surface area (Å²) in [6.07, 6.45) is 1.52. The lowest BCUT2D eigenvalue weighted by Crippen LogP contribution is -2.45. The number of benzene rings is 1. The molecule has 0 amide bonds. The van der Waals surface area contributed by atoms with Gasteiger partial charge in [-0.25, -0.2) is 0 Å². The van der Waals surface area contributed by atoms with Crippen molar-refractivity contribution in [2.75, 3.05) is 46.4 Å². The second kappa shape index (κ2) is 5.94. The fraction of sp³-hybridized carbons (Fsp3) is 0.562. The number of fused-ring (bicyclic) bond motifs is 1. The van der Waals surface area contributed by atoms with Crippen LogP contribution in [0.1, 0.15) is 22.3 Å². The standard InChI is InChI=1S/C16H22N2O2/c1-17-6-8-18(9-7-17)10-11-20-14-3-4-15-13(12-14)2-5-16(15)19/h3-4,12H,2,5-11H2,1H3. The number of hydrogen-bond acceptors (Lipinski definition) is 4. The Bertz CT molecular complexity index is 493. The summed E-state index contributed by atoms with van der Waals surface area (Å²) in [4.78, 5) is 16.4. The Labute approximate surface area is 120 Å². The number of piperazine rings is 1. The average molecular weight is 274 g/mol. The highest BCUT2D eigenvalue weighted by Gasteiger charge is 2.19. The summed E-state index contributed by atoms with van der Waals surface area (Å²) >= 11 is 0. The molecule has 1 aliphatic heterocycles. The Morgan fingerprint density at radius 1 is 1.15 bits per heavy atom. The highest BCUT2D eigenvalue weighted by Crippen LogP contribution is 2.26. The molecule has 0 aromatic heterocycles. The van der Waals surface area contributed by atoms with Crippen molar-refractivity contribution in [3.05, 3.63) is 29.3 Å². The molecule has 0 radical (unpaired) electrons. The second-order valence-corrected chi connectivity index (χ2v) is 5.74. The molecule has 0 spiro atoms. The van der Waals surface area contributed by atoms with E-state index in [1.54, 1.807) is 0 Å². The van der Waals surface area contributed by atoms with Gasteiger partial charge in [-0.3, -0.25) is 9.69 Å². The molecule has 1 heterocycles. The summed E-state index contributed by atoms with van der Waals surface area (Å²) in [5.41, 5.74) is 2.03. The maximum Gasteiger partial charge on any atom is 0.163 e. The summed E-state index contributed by atoms with van der Waals surface area (Å²) in [6.45, 7) is 6.22. The first kappa shape index (κ1) is 13.6. The minimum atomic E-state index is 0.268. The molecule has 1 aliphatic carbocycles. The van der Waals surface area contributed by atoms with Crippen molar-refractivity contribution in [3.63, 3.8) is 0 Å². The summed E-state index contributed by atoms with van der Waals surface area (Å²) in [6, 6.07) is 5.87. The van der Waals surface area contributed by atoms with E-state index < -0.39 is 0 Å². The van der Waals surface area contributed by atoms with Gasteiger partial charge in [0.15, 0.2) is 5.78 Å². The third-order valence-corrected chi connectivity index (χ3v) is 4.27. The van der Waals surface area contributed by atoms with Crippen LogP contribution >= 0.6 is 0 Å². The number of ether oxygens (including phenoxy) is 1. The molecule has 108 valence electrons. The van der Waals surface area contributed by atoms with Crippen LogP contribution < -0.4 is 4.74 Å². The molecule has 0 bridgehead atoms. The summed E-state index contributed by atoms with van der Waals surface area (Å²) < 4.78 is 5.83. The minimum Gasteiger partial charge on any atom is -0.492 e. The first-order valence-corrected chi connectivity index (χ1v) is 7.42. The van der Waals surface area contributed by atoms with Gasteiger partial charge in [0.25, 0.3) is 0 Å². The van der Waals surface area contributed by atoms with Gasteiger partial charge in [-0.05, 0) is 37.2 Å². The van der Waals surface area contributed by atoms with Crippen LogP contribution in [-0.2, 0) is 6.42 Å². The molecule has 0 saturated carbocycles. The lowest BCUT2D eigenvalue weighted by Gasteiger charge is -2.32. The molecule has 4 nitrogen and oxygen atoms in total. The first-order chi connectivity index (χ1) is 9.72. The predicted octanol–water partition coefficient (Wildman–Crippen LogP) is 1.44. The summed E-state index contributed by atoms with van der Waals surface area (Å²) in [7, 11) is 2.17. The number of aryl methyl sites for hydroxylation is 1. The van der Waals surface area contributed by atoms with Gasteiger partial charge in [0.2, 0.25) is 0 Å². The first-order valence-electron chi connectivity index (χ1n) is 7.42. The van der Waals surface area contributed by atoms with E-state index >= 15 is 0 Å². The number of carbonyl (C=O) groups excluding carboxylic acids is 1. The Morgan fingerprint density at radius 3 is 2.75 bits per heavy atom. The third kappa shape index (κ3) is 3.02. The summed E-state index contributed by atoms with van der Waals surface area (Å²) in [5.74, 6) is 1.16. The van der Waals surface area contributed by atoms with Crippen molar-refractivity contribution in [1.29, 1.82) is 0 Å². The Hall–Kier alpha value is -1.39. The molecular formula is C16H22N2O2. The maximum atomic E-state index is 11.6. The van der Waals surface area contributed by atoms with Crippen molar-refractivity contribution in [2.24, 2.45) is 0 Å². The molecular weight excluding hydrogens is 252 g/mol. The molecule has 1 saturated heterocycles. The fourth-order valence-corrected chi connectivity index (χ4v) is 2.89. The minimum absolute atomic E-state index is 0.268. The Morgan fingerprint density at radius 2 is 1.95 bits per heavy atom. The largest absolute Gasteiger partial charge is 0.492 e. The molecule has 0 N–H and O–H groups in total. The van der Waals surface area contributed by atoms with Gasteiger partial charge < -0.3 is 9.64 Å². The van der Waals surface area contributed by atoms with Crippen LogP contribution in [0.25, 0.3) is 0 Å². The van der Waals surface area contributed by atoms with Gasteiger partial charge in [0.1, 0.15) is 12.4 Å². The fourth-order valence-electron chi connectivity index (χ4n) is 2.89. The number of rotatable bonds is 4. The van der Waals surface area contributed by atoms with Crippen LogP contribution in [0, 0.1) is 0 Å².